The van der Waals surface area contributed by atoms with Crippen LogP contribution in [0.15, 0.2) is 30.7 Å². The van der Waals surface area contributed by atoms with Gasteiger partial charge in [-0.2, -0.15) is 0 Å². The first kappa shape index (κ1) is 26.0. The van der Waals surface area contributed by atoms with Crippen molar-refractivity contribution in [2.24, 2.45) is 5.92 Å². The number of nitrogens with one attached hydrogen (secondary N) is 1. The highest BCUT2D eigenvalue weighted by Gasteiger charge is 2.42. The molecule has 1 saturated carbocycles. The molecule has 164 valence electrons. The van der Waals surface area contributed by atoms with Gasteiger partial charge in [-0.15, -0.1) is 42.3 Å². The van der Waals surface area contributed by atoms with E-state index in [0.29, 0.717) is 19.0 Å². The molecule has 0 aromatic carbocycles. The summed E-state index contributed by atoms with van der Waals surface area (Å²) in [5.41, 5.74) is 1.66. The summed E-state index contributed by atoms with van der Waals surface area (Å²) in [6.07, 6.45) is 6.40. The second-order valence-corrected chi connectivity index (χ2v) is 7.20. The molecule has 4 atom stereocenters. The maximum atomic E-state index is 10.5. The Morgan fingerprint density at radius 3 is 2.59 bits per heavy atom. The topological polar surface area (TPSA) is 105 Å². The minimum absolute atomic E-state index is 0. The molecular formula is C18H28Cl3N5O3. The van der Waals surface area contributed by atoms with Crippen LogP contribution in [0.2, 0.25) is 0 Å². The number of ether oxygens (including phenoxy) is 1. The van der Waals surface area contributed by atoms with Crippen LogP contribution < -0.4 is 5.32 Å². The minimum atomic E-state index is -0.765. The summed E-state index contributed by atoms with van der Waals surface area (Å²) >= 11 is 0. The van der Waals surface area contributed by atoms with E-state index in [9.17, 15) is 10.2 Å². The van der Waals surface area contributed by atoms with Gasteiger partial charge in [0.25, 0.3) is 0 Å². The van der Waals surface area contributed by atoms with E-state index >= 15 is 0 Å². The number of hydrogen-bond donors (Lipinski definition) is 3. The molecule has 0 spiro atoms. The maximum absolute atomic E-state index is 10.5. The van der Waals surface area contributed by atoms with Crippen molar-refractivity contribution in [2.75, 3.05) is 13.2 Å². The van der Waals surface area contributed by atoms with Crippen molar-refractivity contribution in [3.63, 3.8) is 0 Å². The third kappa shape index (κ3) is 6.24. The summed E-state index contributed by atoms with van der Waals surface area (Å²) in [5, 5.41) is 32.7. The highest BCUT2D eigenvalue weighted by molar-refractivity contribution is 5.86. The van der Waals surface area contributed by atoms with Crippen LogP contribution in [0, 0.1) is 5.92 Å². The zero-order valence-electron chi connectivity index (χ0n) is 15.8. The number of aromatic nitrogens is 4. The predicted molar refractivity (Wildman–Crippen MR) is 116 cm³/mol. The molecule has 3 N–H and O–H groups in total. The zero-order chi connectivity index (χ0) is 17.9. The van der Waals surface area contributed by atoms with E-state index < -0.39 is 12.2 Å². The van der Waals surface area contributed by atoms with Crippen LogP contribution in [0.3, 0.4) is 0 Å². The standard InChI is InChI=1S/C18H25N5O3.3ClH/c24-17-13(8-15(18(17)25)20-14-3-6-26-7-4-14)10-23-11-16(21-22-23)12-2-1-5-19-9-12;;;/h1-2,5,9,11,13-15,17-18,20,24-25H,3-4,6-8,10H2;3*1H/t13-,15-,17-,18+;;;/m1.../s1. The van der Waals surface area contributed by atoms with E-state index in [1.807, 2.05) is 18.3 Å². The average molecular weight is 469 g/mol. The van der Waals surface area contributed by atoms with E-state index in [4.69, 9.17) is 4.74 Å². The van der Waals surface area contributed by atoms with Gasteiger partial charge in [0.1, 0.15) is 5.69 Å². The Morgan fingerprint density at radius 1 is 1.14 bits per heavy atom. The maximum Gasteiger partial charge on any atom is 0.114 e. The number of pyridine rings is 1. The van der Waals surface area contributed by atoms with E-state index in [0.717, 1.165) is 37.3 Å². The van der Waals surface area contributed by atoms with Gasteiger partial charge in [0, 0.05) is 55.7 Å². The highest BCUT2D eigenvalue weighted by Crippen LogP contribution is 2.29. The van der Waals surface area contributed by atoms with Crippen molar-refractivity contribution in [3.05, 3.63) is 30.7 Å². The SMILES string of the molecule is Cl.Cl.Cl.O[C@@H]1[C@@H](Cn2cc(-c3cccnc3)nn2)C[C@@H](NC2CCOCC2)[C@@H]1O. The van der Waals surface area contributed by atoms with Crippen molar-refractivity contribution in [2.45, 2.75) is 50.1 Å². The number of rotatable bonds is 5. The molecule has 1 saturated heterocycles. The van der Waals surface area contributed by atoms with E-state index in [-0.39, 0.29) is 49.2 Å². The second-order valence-electron chi connectivity index (χ2n) is 7.20. The fraction of sp³-hybridized carbons (Fsp3) is 0.611. The Morgan fingerprint density at radius 2 is 1.90 bits per heavy atom. The molecule has 2 fully saturated rings. The Kier molecular flexibility index (Phi) is 10.8. The molecule has 29 heavy (non-hydrogen) atoms. The fourth-order valence-electron chi connectivity index (χ4n) is 3.91. The molecule has 11 heteroatoms. The van der Waals surface area contributed by atoms with Crippen molar-refractivity contribution in [1.82, 2.24) is 25.3 Å². The molecule has 8 nitrogen and oxygen atoms in total. The smallest absolute Gasteiger partial charge is 0.114 e. The van der Waals surface area contributed by atoms with Crippen LogP contribution >= 0.6 is 37.2 Å². The first-order valence-electron chi connectivity index (χ1n) is 9.21. The van der Waals surface area contributed by atoms with Gasteiger partial charge in [0.05, 0.1) is 18.4 Å². The third-order valence-corrected chi connectivity index (χ3v) is 5.39. The van der Waals surface area contributed by atoms with E-state index in [1.54, 1.807) is 17.1 Å². The second kappa shape index (κ2) is 12.0. The molecule has 0 unspecified atom stereocenters. The van der Waals surface area contributed by atoms with Crippen LogP contribution in [0.4, 0.5) is 0 Å². The van der Waals surface area contributed by atoms with Crippen molar-refractivity contribution >= 4 is 37.2 Å². The van der Waals surface area contributed by atoms with Gasteiger partial charge in [-0.1, -0.05) is 5.21 Å². The number of nitrogens with zero attached hydrogens (tertiary/aromatic N) is 4. The van der Waals surface area contributed by atoms with Gasteiger partial charge < -0.3 is 20.3 Å². The van der Waals surface area contributed by atoms with Gasteiger partial charge in [0.2, 0.25) is 0 Å². The zero-order valence-corrected chi connectivity index (χ0v) is 18.3. The lowest BCUT2D eigenvalue weighted by Crippen LogP contribution is -2.47. The number of aliphatic hydroxyl groups excluding tert-OH is 2. The molecule has 2 aliphatic rings. The third-order valence-electron chi connectivity index (χ3n) is 5.39. The number of hydrogen-bond acceptors (Lipinski definition) is 7. The van der Waals surface area contributed by atoms with Crippen LogP contribution in [-0.4, -0.2) is 67.7 Å². The van der Waals surface area contributed by atoms with Gasteiger partial charge in [-0.3, -0.25) is 9.67 Å². The van der Waals surface area contributed by atoms with Gasteiger partial charge in [0.15, 0.2) is 0 Å². The molecule has 2 aromatic rings. The lowest BCUT2D eigenvalue weighted by Gasteiger charge is -2.28. The number of halogens is 3. The number of aliphatic hydroxyl groups is 2. The molecule has 0 bridgehead atoms. The van der Waals surface area contributed by atoms with E-state index in [2.05, 4.69) is 20.6 Å². The first-order chi connectivity index (χ1) is 12.7. The fourth-order valence-corrected chi connectivity index (χ4v) is 3.91. The molecule has 0 radical (unpaired) electrons. The summed E-state index contributed by atoms with van der Waals surface area (Å²) in [6, 6.07) is 4.04. The first-order valence-corrected chi connectivity index (χ1v) is 9.21. The predicted octanol–water partition coefficient (Wildman–Crippen LogP) is 1.48. The van der Waals surface area contributed by atoms with Gasteiger partial charge in [-0.25, -0.2) is 0 Å². The molecule has 2 aromatic heterocycles. The summed E-state index contributed by atoms with van der Waals surface area (Å²) in [7, 11) is 0. The van der Waals surface area contributed by atoms with Crippen LogP contribution in [-0.2, 0) is 11.3 Å². The highest BCUT2D eigenvalue weighted by atomic mass is 35.5. The summed E-state index contributed by atoms with van der Waals surface area (Å²) in [4.78, 5) is 4.09. The monoisotopic (exact) mass is 467 g/mol. The van der Waals surface area contributed by atoms with Crippen LogP contribution in [0.5, 0.6) is 0 Å². The van der Waals surface area contributed by atoms with Gasteiger partial charge in [-0.05, 0) is 31.4 Å². The summed E-state index contributed by atoms with van der Waals surface area (Å²) in [5.74, 6) is -0.0641. The quantitative estimate of drug-likeness (QED) is 0.610. The van der Waals surface area contributed by atoms with Crippen molar-refractivity contribution in [3.8, 4) is 11.3 Å². The van der Waals surface area contributed by atoms with Crippen LogP contribution in [0.25, 0.3) is 11.3 Å². The minimum Gasteiger partial charge on any atom is -0.390 e. The van der Waals surface area contributed by atoms with Crippen molar-refractivity contribution < 1.29 is 14.9 Å². The molecule has 4 rings (SSSR count). The Hall–Kier alpha value is -1.00. The molecule has 3 heterocycles. The Bertz CT molecular complexity index is 718. The molecule has 1 aliphatic carbocycles. The van der Waals surface area contributed by atoms with Crippen molar-refractivity contribution in [1.29, 1.82) is 0 Å². The lowest BCUT2D eigenvalue weighted by molar-refractivity contribution is 0.00271. The van der Waals surface area contributed by atoms with Crippen LogP contribution in [0.1, 0.15) is 19.3 Å². The summed E-state index contributed by atoms with van der Waals surface area (Å²) < 4.78 is 7.11. The molecule has 0 amide bonds. The normalized spacial score (nSPS) is 26.8. The Balaban J connectivity index is 0.00000140. The molecular weight excluding hydrogens is 441 g/mol. The van der Waals surface area contributed by atoms with Gasteiger partial charge >= 0.3 is 0 Å². The lowest BCUT2D eigenvalue weighted by atomic mass is 10.1. The largest absolute Gasteiger partial charge is 0.390 e. The summed E-state index contributed by atoms with van der Waals surface area (Å²) in [6.45, 7) is 2.03. The molecule has 1 aliphatic heterocycles. The Labute approximate surface area is 188 Å². The average Bonchev–Trinajstić information content (AvgIpc) is 3.25. The van der Waals surface area contributed by atoms with E-state index in [1.165, 1.54) is 0 Å².